The molecule has 156 valence electrons. The Morgan fingerprint density at radius 2 is 1.86 bits per heavy atom. The van der Waals surface area contributed by atoms with E-state index in [1.807, 2.05) is 24.3 Å². The first-order valence-corrected chi connectivity index (χ1v) is 9.56. The van der Waals surface area contributed by atoms with E-state index in [1.165, 1.54) is 0 Å². The normalized spacial score (nSPS) is 26.9. The lowest BCUT2D eigenvalue weighted by atomic mass is 9.84. The molecule has 1 aliphatic heterocycles. The van der Waals surface area contributed by atoms with Crippen molar-refractivity contribution >= 4 is 17.5 Å². The summed E-state index contributed by atoms with van der Waals surface area (Å²) in [5, 5.41) is 31.0. The molecule has 29 heavy (non-hydrogen) atoms. The number of rotatable bonds is 6. The molecular weight excluding hydrogens is 398 g/mol. The molecule has 8 heteroatoms. The van der Waals surface area contributed by atoms with Crippen molar-refractivity contribution < 1.29 is 29.6 Å². The van der Waals surface area contributed by atoms with E-state index >= 15 is 0 Å². The molecule has 0 unspecified atom stereocenters. The zero-order valence-electron chi connectivity index (χ0n) is 15.9. The van der Waals surface area contributed by atoms with Crippen LogP contribution in [0.1, 0.15) is 22.8 Å². The van der Waals surface area contributed by atoms with Crippen molar-refractivity contribution in [1.82, 2.24) is 0 Å². The number of carbonyl (C=O) groups excluding carboxylic acids is 1. The van der Waals surface area contributed by atoms with Crippen LogP contribution in [0, 0.1) is 5.92 Å². The second-order valence-corrected chi connectivity index (χ2v) is 7.47. The van der Waals surface area contributed by atoms with Gasteiger partial charge in [0.15, 0.2) is 0 Å². The van der Waals surface area contributed by atoms with Crippen LogP contribution in [0.15, 0.2) is 42.5 Å². The Bertz CT molecular complexity index is 857. The maximum atomic E-state index is 11.6. The van der Waals surface area contributed by atoms with Gasteiger partial charge in [0.25, 0.3) is 0 Å². The zero-order chi connectivity index (χ0) is 21.1. The van der Waals surface area contributed by atoms with E-state index in [4.69, 9.17) is 26.8 Å². The number of ether oxygens (including phenoxy) is 2. The van der Waals surface area contributed by atoms with E-state index in [-0.39, 0.29) is 0 Å². The first-order valence-electron chi connectivity index (χ1n) is 9.18. The van der Waals surface area contributed by atoms with Crippen molar-refractivity contribution in [3.8, 4) is 5.75 Å². The van der Waals surface area contributed by atoms with Gasteiger partial charge in [0.05, 0.1) is 31.8 Å². The fourth-order valence-corrected chi connectivity index (χ4v) is 3.80. The molecule has 1 heterocycles. The largest absolute Gasteiger partial charge is 0.497 e. The summed E-state index contributed by atoms with van der Waals surface area (Å²) in [4.78, 5) is 11.6. The number of hydrogen-bond acceptors (Lipinski definition) is 6. The number of aliphatic hydroxyl groups is 3. The fourth-order valence-electron chi connectivity index (χ4n) is 3.62. The van der Waals surface area contributed by atoms with Gasteiger partial charge < -0.3 is 30.5 Å². The highest BCUT2D eigenvalue weighted by Crippen LogP contribution is 2.36. The Kier molecular flexibility index (Phi) is 6.77. The average Bonchev–Trinajstić information content (AvgIpc) is 2.71. The van der Waals surface area contributed by atoms with E-state index in [0.29, 0.717) is 17.0 Å². The molecule has 1 saturated heterocycles. The number of benzene rings is 2. The van der Waals surface area contributed by atoms with Crippen molar-refractivity contribution in [2.45, 2.75) is 30.8 Å². The summed E-state index contributed by atoms with van der Waals surface area (Å²) in [7, 11) is 1.60. The van der Waals surface area contributed by atoms with Crippen LogP contribution >= 0.6 is 11.6 Å². The van der Waals surface area contributed by atoms with Crippen molar-refractivity contribution in [1.29, 1.82) is 0 Å². The van der Waals surface area contributed by atoms with Crippen molar-refractivity contribution in [3.05, 3.63) is 64.2 Å². The first kappa shape index (κ1) is 21.5. The summed E-state index contributed by atoms with van der Waals surface area (Å²) >= 11 is 6.35. The molecule has 0 spiro atoms. The molecule has 3 rings (SSSR count). The molecule has 2 aromatic rings. The highest BCUT2D eigenvalue weighted by Gasteiger charge is 2.47. The molecule has 1 amide bonds. The number of carbonyl (C=O) groups is 1. The standard InChI is InChI=1S/C21H24ClNO6/c1-28-14-5-2-11(3-6-14)8-13-9-12(4-7-15(13)22)20-19(26)18(25)17(21(23)27)16(10-24)29-20/h2-7,9,16-20,24-26H,8,10H2,1H3,(H2,23,27)/t16-,17-,18+,19-,20+/m1/s1. The minimum atomic E-state index is -1.45. The number of primary amides is 1. The smallest absolute Gasteiger partial charge is 0.225 e. The van der Waals surface area contributed by atoms with Crippen LogP contribution < -0.4 is 10.5 Å². The van der Waals surface area contributed by atoms with Crippen molar-refractivity contribution in [2.75, 3.05) is 13.7 Å². The molecule has 5 N–H and O–H groups in total. The molecule has 0 radical (unpaired) electrons. The van der Waals surface area contributed by atoms with Crippen LogP contribution in [0.5, 0.6) is 5.75 Å². The summed E-state index contributed by atoms with van der Waals surface area (Å²) in [5.41, 5.74) is 7.68. The van der Waals surface area contributed by atoms with Gasteiger partial charge >= 0.3 is 0 Å². The molecule has 0 aliphatic carbocycles. The molecule has 0 aromatic heterocycles. The minimum absolute atomic E-state index is 0.514. The van der Waals surface area contributed by atoms with Crippen LogP contribution in [-0.2, 0) is 16.0 Å². The van der Waals surface area contributed by atoms with E-state index < -0.39 is 42.8 Å². The SMILES string of the molecule is COc1ccc(Cc2cc([C@@H]3O[C@H](CO)[C@@H](C(N)=O)[C@H](O)[C@H]3O)ccc2Cl)cc1. The lowest BCUT2D eigenvalue weighted by Crippen LogP contribution is -2.56. The molecule has 5 atom stereocenters. The summed E-state index contributed by atoms with van der Waals surface area (Å²) in [6.45, 7) is -0.514. The molecule has 0 saturated carbocycles. The van der Waals surface area contributed by atoms with E-state index in [0.717, 1.165) is 16.9 Å². The molecule has 7 nitrogen and oxygen atoms in total. The topological polar surface area (TPSA) is 122 Å². The van der Waals surface area contributed by atoms with Crippen LogP contribution in [0.2, 0.25) is 5.02 Å². The third-order valence-electron chi connectivity index (χ3n) is 5.21. The summed E-state index contributed by atoms with van der Waals surface area (Å²) < 4.78 is 10.9. The zero-order valence-corrected chi connectivity index (χ0v) is 16.6. The minimum Gasteiger partial charge on any atom is -0.497 e. The van der Waals surface area contributed by atoms with Gasteiger partial charge in [-0.05, 0) is 41.3 Å². The molecule has 0 bridgehead atoms. The van der Waals surface area contributed by atoms with Crippen LogP contribution in [0.3, 0.4) is 0 Å². The number of hydrogen-bond donors (Lipinski definition) is 4. The Morgan fingerprint density at radius 1 is 1.17 bits per heavy atom. The van der Waals surface area contributed by atoms with Crippen LogP contribution in [0.4, 0.5) is 0 Å². The third-order valence-corrected chi connectivity index (χ3v) is 5.58. The van der Waals surface area contributed by atoms with E-state index in [1.54, 1.807) is 25.3 Å². The van der Waals surface area contributed by atoms with Gasteiger partial charge in [-0.1, -0.05) is 35.9 Å². The predicted octanol–water partition coefficient (Wildman–Crippen LogP) is 1.19. The Morgan fingerprint density at radius 3 is 2.45 bits per heavy atom. The first-order chi connectivity index (χ1) is 13.8. The average molecular weight is 422 g/mol. The highest BCUT2D eigenvalue weighted by atomic mass is 35.5. The Labute approximate surface area is 173 Å². The number of amides is 1. The second kappa shape index (κ2) is 9.11. The van der Waals surface area contributed by atoms with Crippen molar-refractivity contribution in [3.63, 3.8) is 0 Å². The summed E-state index contributed by atoms with van der Waals surface area (Å²) in [6.07, 6.45) is -4.26. The fraction of sp³-hybridized carbons (Fsp3) is 0.381. The van der Waals surface area contributed by atoms with Gasteiger partial charge in [0.1, 0.15) is 18.0 Å². The van der Waals surface area contributed by atoms with E-state index in [9.17, 15) is 20.1 Å². The monoisotopic (exact) mass is 421 g/mol. The summed E-state index contributed by atoms with van der Waals surface area (Å²) in [6, 6.07) is 12.7. The van der Waals surface area contributed by atoms with Gasteiger partial charge in [0, 0.05) is 5.02 Å². The highest BCUT2D eigenvalue weighted by molar-refractivity contribution is 6.31. The molecule has 2 aromatic carbocycles. The maximum Gasteiger partial charge on any atom is 0.225 e. The molecule has 1 aliphatic rings. The van der Waals surface area contributed by atoms with Gasteiger partial charge in [-0.15, -0.1) is 0 Å². The van der Waals surface area contributed by atoms with Crippen LogP contribution in [0.25, 0.3) is 0 Å². The van der Waals surface area contributed by atoms with E-state index in [2.05, 4.69) is 0 Å². The lowest BCUT2D eigenvalue weighted by molar-refractivity contribution is -0.210. The Hall–Kier alpha value is -2.16. The van der Waals surface area contributed by atoms with Gasteiger partial charge in [-0.25, -0.2) is 0 Å². The van der Waals surface area contributed by atoms with Gasteiger partial charge in [0.2, 0.25) is 5.91 Å². The summed E-state index contributed by atoms with van der Waals surface area (Å²) in [5.74, 6) is -1.29. The van der Waals surface area contributed by atoms with Crippen LogP contribution in [-0.4, -0.2) is 53.3 Å². The predicted molar refractivity (Wildman–Crippen MR) is 107 cm³/mol. The quantitative estimate of drug-likeness (QED) is 0.556. The van der Waals surface area contributed by atoms with Gasteiger partial charge in [-0.3, -0.25) is 4.79 Å². The maximum absolute atomic E-state index is 11.6. The third kappa shape index (κ3) is 4.55. The molecule has 1 fully saturated rings. The lowest BCUT2D eigenvalue weighted by Gasteiger charge is -2.41. The molecular formula is C21H24ClNO6. The second-order valence-electron chi connectivity index (χ2n) is 7.06. The van der Waals surface area contributed by atoms with Gasteiger partial charge in [-0.2, -0.15) is 0 Å². The number of aliphatic hydroxyl groups excluding tert-OH is 3. The number of nitrogens with two attached hydrogens (primary N) is 1. The number of methoxy groups -OCH3 is 1. The van der Waals surface area contributed by atoms with Crippen molar-refractivity contribution in [2.24, 2.45) is 11.7 Å². The Balaban J connectivity index is 1.87. The number of halogens is 1.